The van der Waals surface area contributed by atoms with Crippen molar-refractivity contribution in [2.75, 3.05) is 11.9 Å². The number of nitrogens with zero attached hydrogens (tertiary/aromatic N) is 2. The Kier molecular flexibility index (Phi) is 4.39. The molecule has 0 aliphatic rings. The van der Waals surface area contributed by atoms with Gasteiger partial charge in [0.05, 0.1) is 6.20 Å². The molecule has 18 heavy (non-hydrogen) atoms. The van der Waals surface area contributed by atoms with Crippen LogP contribution in [0.4, 0.5) is 5.82 Å². The van der Waals surface area contributed by atoms with Crippen LogP contribution >= 0.6 is 23.2 Å². The molecule has 0 aliphatic carbocycles. The van der Waals surface area contributed by atoms with Gasteiger partial charge in [-0.25, -0.2) is 4.98 Å². The highest BCUT2D eigenvalue weighted by Crippen LogP contribution is 2.21. The largest absolute Gasteiger partial charge is 0.368 e. The monoisotopic (exact) mass is 281 g/mol. The maximum atomic E-state index is 5.98. The van der Waals surface area contributed by atoms with Crippen molar-refractivity contribution in [2.45, 2.75) is 12.8 Å². The topological polar surface area (TPSA) is 37.8 Å². The number of hydrogen-bond acceptors (Lipinski definition) is 3. The van der Waals surface area contributed by atoms with Crippen LogP contribution < -0.4 is 5.32 Å². The fourth-order valence-corrected chi connectivity index (χ4v) is 1.91. The molecule has 3 nitrogen and oxygen atoms in total. The van der Waals surface area contributed by atoms with Crippen LogP contribution in [-0.2, 0) is 0 Å². The van der Waals surface area contributed by atoms with Gasteiger partial charge in [0.1, 0.15) is 10.8 Å². The summed E-state index contributed by atoms with van der Waals surface area (Å²) >= 11 is 11.7. The number of anilines is 1. The highest BCUT2D eigenvalue weighted by atomic mass is 35.5. The quantitative estimate of drug-likeness (QED) is 0.861. The van der Waals surface area contributed by atoms with Gasteiger partial charge in [0.15, 0.2) is 0 Å². The fourth-order valence-electron chi connectivity index (χ4n) is 1.62. The first-order valence-electron chi connectivity index (χ1n) is 5.63. The van der Waals surface area contributed by atoms with Crippen molar-refractivity contribution in [3.63, 3.8) is 0 Å². The van der Waals surface area contributed by atoms with Gasteiger partial charge in [-0.2, -0.15) is 4.98 Å². The van der Waals surface area contributed by atoms with Crippen LogP contribution in [0.3, 0.4) is 0 Å². The zero-order valence-corrected chi connectivity index (χ0v) is 11.4. The Morgan fingerprint density at radius 1 is 1.22 bits per heavy atom. The van der Waals surface area contributed by atoms with Gasteiger partial charge in [0.25, 0.3) is 0 Å². The Hall–Kier alpha value is -1.32. The fraction of sp³-hybridized carbons (Fsp3) is 0.231. The van der Waals surface area contributed by atoms with Gasteiger partial charge >= 0.3 is 0 Å². The Labute approximate surface area is 116 Å². The number of hydrogen-bond donors (Lipinski definition) is 1. The summed E-state index contributed by atoms with van der Waals surface area (Å²) in [6, 6.07) is 10.3. The number of halogens is 2. The molecule has 2 rings (SSSR count). The smallest absolute Gasteiger partial charge is 0.224 e. The molecule has 1 atom stereocenters. The maximum Gasteiger partial charge on any atom is 0.224 e. The normalized spacial score (nSPS) is 12.2. The second-order valence-electron chi connectivity index (χ2n) is 4.03. The van der Waals surface area contributed by atoms with Crippen molar-refractivity contribution in [2.24, 2.45) is 0 Å². The van der Waals surface area contributed by atoms with Crippen LogP contribution in [0.25, 0.3) is 0 Å². The molecule has 0 spiro atoms. The predicted octanol–water partition coefficient (Wildman–Crippen LogP) is 4.00. The zero-order chi connectivity index (χ0) is 13.0. The minimum absolute atomic E-state index is 0.189. The summed E-state index contributed by atoms with van der Waals surface area (Å²) in [6.07, 6.45) is 1.49. The Morgan fingerprint density at radius 2 is 1.94 bits per heavy atom. The van der Waals surface area contributed by atoms with E-state index < -0.39 is 0 Å². The Balaban J connectivity index is 2.01. The maximum absolute atomic E-state index is 5.98. The lowest BCUT2D eigenvalue weighted by Crippen LogP contribution is -2.11. The molecule has 1 unspecified atom stereocenters. The summed E-state index contributed by atoms with van der Waals surface area (Å²) in [5.74, 6) is 0.926. The van der Waals surface area contributed by atoms with E-state index in [0.29, 0.717) is 16.8 Å². The molecule has 0 radical (unpaired) electrons. The molecule has 0 aliphatic heterocycles. The van der Waals surface area contributed by atoms with Gasteiger partial charge in [-0.05, 0) is 23.1 Å². The van der Waals surface area contributed by atoms with E-state index >= 15 is 0 Å². The summed E-state index contributed by atoms with van der Waals surface area (Å²) in [5.41, 5.74) is 1.27. The standard InChI is InChI=1S/C13H13Cl2N3/c1-9(10-5-3-2-4-6-10)7-16-12-11(14)8-17-13(15)18-12/h2-6,8-9H,7H2,1H3,(H,16,17,18). The molecule has 0 bridgehead atoms. The predicted molar refractivity (Wildman–Crippen MR) is 75.4 cm³/mol. The zero-order valence-electron chi connectivity index (χ0n) is 9.90. The van der Waals surface area contributed by atoms with Gasteiger partial charge in [-0.1, -0.05) is 48.9 Å². The van der Waals surface area contributed by atoms with Crippen LogP contribution in [0.2, 0.25) is 10.3 Å². The molecule has 2 aromatic rings. The second kappa shape index (κ2) is 6.03. The highest BCUT2D eigenvalue weighted by molar-refractivity contribution is 6.33. The number of nitrogens with one attached hydrogen (secondary N) is 1. The van der Waals surface area contributed by atoms with Crippen molar-refractivity contribution < 1.29 is 0 Å². The van der Waals surface area contributed by atoms with Crippen molar-refractivity contribution in [1.29, 1.82) is 0 Å². The van der Waals surface area contributed by atoms with Crippen molar-refractivity contribution in [1.82, 2.24) is 9.97 Å². The summed E-state index contributed by atoms with van der Waals surface area (Å²) in [5, 5.41) is 3.85. The summed E-state index contributed by atoms with van der Waals surface area (Å²) in [6.45, 7) is 2.87. The van der Waals surface area contributed by atoms with Crippen molar-refractivity contribution in [3.05, 3.63) is 52.4 Å². The number of rotatable bonds is 4. The molecule has 0 amide bonds. The van der Waals surface area contributed by atoms with Crippen LogP contribution in [0, 0.1) is 0 Å². The SMILES string of the molecule is CC(CNc1nc(Cl)ncc1Cl)c1ccccc1. The van der Waals surface area contributed by atoms with Crippen LogP contribution in [-0.4, -0.2) is 16.5 Å². The molecule has 0 saturated heterocycles. The summed E-state index contributed by atoms with van der Waals surface area (Å²) in [7, 11) is 0. The van der Waals surface area contributed by atoms with E-state index in [1.54, 1.807) is 0 Å². The van der Waals surface area contributed by atoms with Crippen LogP contribution in [0.1, 0.15) is 18.4 Å². The van der Waals surface area contributed by atoms with E-state index in [1.165, 1.54) is 11.8 Å². The van der Waals surface area contributed by atoms with E-state index in [4.69, 9.17) is 23.2 Å². The highest BCUT2D eigenvalue weighted by Gasteiger charge is 2.08. The van der Waals surface area contributed by atoms with Gasteiger partial charge in [0.2, 0.25) is 5.28 Å². The van der Waals surface area contributed by atoms with Crippen LogP contribution in [0.5, 0.6) is 0 Å². The van der Waals surface area contributed by atoms with Crippen LogP contribution in [0.15, 0.2) is 36.5 Å². The lowest BCUT2D eigenvalue weighted by atomic mass is 10.0. The molecule has 0 saturated carbocycles. The van der Waals surface area contributed by atoms with Gasteiger partial charge in [0, 0.05) is 6.54 Å². The van der Waals surface area contributed by atoms with Crippen molar-refractivity contribution >= 4 is 29.0 Å². The van der Waals surface area contributed by atoms with E-state index in [2.05, 4.69) is 34.3 Å². The van der Waals surface area contributed by atoms with Gasteiger partial charge in [-0.3, -0.25) is 0 Å². The molecule has 1 heterocycles. The molecule has 1 aromatic carbocycles. The summed E-state index contributed by atoms with van der Waals surface area (Å²) < 4.78 is 0. The number of benzene rings is 1. The van der Waals surface area contributed by atoms with Gasteiger partial charge < -0.3 is 5.32 Å². The van der Waals surface area contributed by atoms with E-state index in [0.717, 1.165) is 6.54 Å². The Morgan fingerprint density at radius 3 is 2.67 bits per heavy atom. The van der Waals surface area contributed by atoms with E-state index in [-0.39, 0.29) is 5.28 Å². The van der Waals surface area contributed by atoms with E-state index in [1.807, 2.05) is 18.2 Å². The average Bonchev–Trinajstić information content (AvgIpc) is 2.40. The minimum atomic E-state index is 0.189. The van der Waals surface area contributed by atoms with Crippen molar-refractivity contribution in [3.8, 4) is 0 Å². The first kappa shape index (κ1) is 13.1. The molecule has 5 heteroatoms. The first-order chi connectivity index (χ1) is 8.66. The average molecular weight is 282 g/mol. The molecular weight excluding hydrogens is 269 g/mol. The lowest BCUT2D eigenvalue weighted by molar-refractivity contribution is 0.801. The molecular formula is C13H13Cl2N3. The minimum Gasteiger partial charge on any atom is -0.368 e. The third kappa shape index (κ3) is 3.34. The third-order valence-electron chi connectivity index (χ3n) is 2.66. The van der Waals surface area contributed by atoms with E-state index in [9.17, 15) is 0 Å². The summed E-state index contributed by atoms with van der Waals surface area (Å²) in [4.78, 5) is 7.86. The first-order valence-corrected chi connectivity index (χ1v) is 6.39. The van der Waals surface area contributed by atoms with Gasteiger partial charge in [-0.15, -0.1) is 0 Å². The molecule has 94 valence electrons. The molecule has 1 N–H and O–H groups in total. The molecule has 0 fully saturated rings. The molecule has 1 aromatic heterocycles. The lowest BCUT2D eigenvalue weighted by Gasteiger charge is -2.14. The number of aromatic nitrogens is 2. The Bertz CT molecular complexity index is 517. The second-order valence-corrected chi connectivity index (χ2v) is 4.77. The third-order valence-corrected chi connectivity index (χ3v) is 3.12.